The molecule has 2 saturated heterocycles. The zero-order chi connectivity index (χ0) is 19.5. The Hall–Kier alpha value is -2.05. The molecule has 1 aromatic rings. The fourth-order valence-electron chi connectivity index (χ4n) is 4.32. The van der Waals surface area contributed by atoms with Gasteiger partial charge in [-0.15, -0.1) is 0 Å². The Morgan fingerprint density at radius 1 is 1.30 bits per heavy atom. The van der Waals surface area contributed by atoms with Crippen LogP contribution >= 0.6 is 0 Å². The lowest BCUT2D eigenvalue weighted by molar-refractivity contribution is -0.156. The molecular weight excluding hydrogens is 348 g/mol. The number of Topliss-reactive ketones (excluding diaryl/α,β-unsaturated/α-hetero) is 1. The lowest BCUT2D eigenvalue weighted by atomic mass is 9.73. The van der Waals surface area contributed by atoms with Gasteiger partial charge in [-0.2, -0.15) is 0 Å². The number of ether oxygens (including phenoxy) is 3. The molecule has 0 saturated carbocycles. The summed E-state index contributed by atoms with van der Waals surface area (Å²) in [5.41, 5.74) is -0.626. The molecule has 0 bridgehead atoms. The predicted molar refractivity (Wildman–Crippen MR) is 96.9 cm³/mol. The van der Waals surface area contributed by atoms with Crippen LogP contribution in [0.3, 0.4) is 0 Å². The SMILES string of the molecule is CC1(C)O[C@H]2CC(=O)O[C@@]2(CC(=O)CCOCc2ccccc2)[C@@H]1CC=O. The summed E-state index contributed by atoms with van der Waals surface area (Å²) in [6.45, 7) is 4.50. The second-order valence-electron chi connectivity index (χ2n) is 7.80. The zero-order valence-corrected chi connectivity index (χ0v) is 15.8. The van der Waals surface area contributed by atoms with E-state index >= 15 is 0 Å². The largest absolute Gasteiger partial charge is 0.455 e. The standard InChI is InChI=1S/C21H26O6/c1-20(2)17(8-10-22)21(18(26-20)12-19(24)27-21)13-16(23)9-11-25-14-15-6-4-3-5-7-15/h3-7,10,17-18H,8-9,11-14H2,1-2H3/t17-,18+,21+/m1/s1. The highest BCUT2D eigenvalue weighted by Crippen LogP contribution is 2.53. The molecule has 2 aliphatic heterocycles. The molecule has 0 radical (unpaired) electrons. The fourth-order valence-corrected chi connectivity index (χ4v) is 4.32. The number of fused-ring (bicyclic) bond motifs is 1. The van der Waals surface area contributed by atoms with Crippen LogP contribution in [-0.2, 0) is 35.2 Å². The topological polar surface area (TPSA) is 78.9 Å². The van der Waals surface area contributed by atoms with E-state index in [2.05, 4.69) is 0 Å². The van der Waals surface area contributed by atoms with Gasteiger partial charge in [-0.3, -0.25) is 9.59 Å². The van der Waals surface area contributed by atoms with Crippen LogP contribution in [0.4, 0.5) is 0 Å². The van der Waals surface area contributed by atoms with E-state index in [1.54, 1.807) is 0 Å². The van der Waals surface area contributed by atoms with E-state index < -0.39 is 17.3 Å². The Balaban J connectivity index is 1.60. The van der Waals surface area contributed by atoms with E-state index in [0.29, 0.717) is 13.2 Å². The summed E-state index contributed by atoms with van der Waals surface area (Å²) in [5.74, 6) is -0.771. The normalized spacial score (nSPS) is 28.6. The third-order valence-electron chi connectivity index (χ3n) is 5.52. The van der Waals surface area contributed by atoms with Gasteiger partial charge in [0.05, 0.1) is 25.2 Å². The molecule has 3 atom stereocenters. The lowest BCUT2D eigenvalue weighted by Gasteiger charge is -2.34. The zero-order valence-electron chi connectivity index (χ0n) is 15.8. The summed E-state index contributed by atoms with van der Waals surface area (Å²) >= 11 is 0. The van der Waals surface area contributed by atoms with Crippen molar-refractivity contribution < 1.29 is 28.6 Å². The molecule has 3 rings (SSSR count). The second-order valence-corrected chi connectivity index (χ2v) is 7.80. The number of carbonyl (C=O) groups is 3. The summed E-state index contributed by atoms with van der Waals surface area (Å²) < 4.78 is 17.2. The van der Waals surface area contributed by atoms with Crippen LogP contribution in [0.1, 0.15) is 45.1 Å². The second kappa shape index (κ2) is 7.90. The average molecular weight is 374 g/mol. The molecule has 0 aliphatic carbocycles. The molecule has 0 spiro atoms. The number of hydrogen-bond acceptors (Lipinski definition) is 6. The third kappa shape index (κ3) is 4.12. The molecule has 0 aromatic heterocycles. The summed E-state index contributed by atoms with van der Waals surface area (Å²) in [5, 5.41) is 0. The minimum atomic E-state index is -1.04. The quantitative estimate of drug-likeness (QED) is 0.376. The van der Waals surface area contributed by atoms with Crippen molar-refractivity contribution in [1.29, 1.82) is 0 Å². The van der Waals surface area contributed by atoms with Crippen molar-refractivity contribution in [2.24, 2.45) is 5.92 Å². The molecule has 1 aromatic carbocycles. The molecule has 6 nitrogen and oxygen atoms in total. The highest BCUT2D eigenvalue weighted by Gasteiger charge is 2.66. The molecule has 6 heteroatoms. The molecule has 2 aliphatic rings. The van der Waals surface area contributed by atoms with Gasteiger partial charge >= 0.3 is 5.97 Å². The van der Waals surface area contributed by atoms with Crippen LogP contribution in [0.15, 0.2) is 30.3 Å². The first kappa shape index (κ1) is 19.7. The minimum absolute atomic E-state index is 0.0556. The van der Waals surface area contributed by atoms with Crippen LogP contribution in [0.25, 0.3) is 0 Å². The average Bonchev–Trinajstić information content (AvgIpc) is 3.01. The van der Waals surface area contributed by atoms with E-state index in [4.69, 9.17) is 14.2 Å². The lowest BCUT2D eigenvalue weighted by Crippen LogP contribution is -2.47. The van der Waals surface area contributed by atoms with Crippen molar-refractivity contribution in [3.63, 3.8) is 0 Å². The molecule has 2 fully saturated rings. The predicted octanol–water partition coefficient (Wildman–Crippen LogP) is 2.62. The van der Waals surface area contributed by atoms with Crippen LogP contribution in [-0.4, -0.2) is 42.0 Å². The summed E-state index contributed by atoms with van der Waals surface area (Å²) in [6, 6.07) is 9.74. The Kier molecular flexibility index (Phi) is 5.77. The Morgan fingerprint density at radius 2 is 2.04 bits per heavy atom. The number of carbonyl (C=O) groups excluding carboxylic acids is 3. The molecule has 27 heavy (non-hydrogen) atoms. The maximum absolute atomic E-state index is 12.6. The highest BCUT2D eigenvalue weighted by atomic mass is 16.6. The van der Waals surface area contributed by atoms with Crippen molar-refractivity contribution >= 4 is 18.0 Å². The van der Waals surface area contributed by atoms with Crippen molar-refractivity contribution in [2.75, 3.05) is 6.61 Å². The number of esters is 1. The van der Waals surface area contributed by atoms with Crippen LogP contribution in [0.2, 0.25) is 0 Å². The minimum Gasteiger partial charge on any atom is -0.455 e. The van der Waals surface area contributed by atoms with Gasteiger partial charge in [0.1, 0.15) is 18.2 Å². The Bertz CT molecular complexity index is 698. The Labute approximate surface area is 159 Å². The summed E-state index contributed by atoms with van der Waals surface area (Å²) in [7, 11) is 0. The first-order chi connectivity index (χ1) is 12.9. The summed E-state index contributed by atoms with van der Waals surface area (Å²) in [6.07, 6.45) is 0.914. The van der Waals surface area contributed by atoms with Crippen molar-refractivity contribution in [2.45, 2.75) is 63.4 Å². The summed E-state index contributed by atoms with van der Waals surface area (Å²) in [4.78, 5) is 35.7. The highest BCUT2D eigenvalue weighted by molar-refractivity contribution is 5.82. The molecule has 0 N–H and O–H groups in total. The molecule has 0 amide bonds. The van der Waals surface area contributed by atoms with Crippen molar-refractivity contribution in [1.82, 2.24) is 0 Å². The van der Waals surface area contributed by atoms with Gasteiger partial charge in [0.25, 0.3) is 0 Å². The molecule has 146 valence electrons. The first-order valence-electron chi connectivity index (χ1n) is 9.34. The maximum atomic E-state index is 12.6. The molecule has 0 unspecified atom stereocenters. The van der Waals surface area contributed by atoms with Gasteiger partial charge in [0.15, 0.2) is 5.60 Å². The molecular formula is C21H26O6. The van der Waals surface area contributed by atoms with E-state index in [9.17, 15) is 14.4 Å². The monoisotopic (exact) mass is 374 g/mol. The maximum Gasteiger partial charge on any atom is 0.309 e. The number of aldehydes is 1. The Morgan fingerprint density at radius 3 is 2.74 bits per heavy atom. The van der Waals surface area contributed by atoms with Crippen molar-refractivity contribution in [3.8, 4) is 0 Å². The van der Waals surface area contributed by atoms with Gasteiger partial charge in [0, 0.05) is 25.2 Å². The van der Waals surface area contributed by atoms with E-state index in [1.807, 2.05) is 44.2 Å². The van der Waals surface area contributed by atoms with E-state index in [0.717, 1.165) is 11.8 Å². The number of benzene rings is 1. The number of rotatable bonds is 9. The van der Waals surface area contributed by atoms with Gasteiger partial charge in [0.2, 0.25) is 0 Å². The van der Waals surface area contributed by atoms with Crippen LogP contribution in [0.5, 0.6) is 0 Å². The van der Waals surface area contributed by atoms with Gasteiger partial charge < -0.3 is 19.0 Å². The molecule has 2 heterocycles. The van der Waals surface area contributed by atoms with Gasteiger partial charge in [-0.1, -0.05) is 30.3 Å². The van der Waals surface area contributed by atoms with Crippen LogP contribution < -0.4 is 0 Å². The third-order valence-corrected chi connectivity index (χ3v) is 5.52. The first-order valence-corrected chi connectivity index (χ1v) is 9.34. The van der Waals surface area contributed by atoms with E-state index in [-0.39, 0.29) is 43.4 Å². The number of ketones is 1. The van der Waals surface area contributed by atoms with Crippen LogP contribution in [0, 0.1) is 5.92 Å². The smallest absolute Gasteiger partial charge is 0.309 e. The fraction of sp³-hybridized carbons (Fsp3) is 0.571. The van der Waals surface area contributed by atoms with E-state index in [1.165, 1.54) is 0 Å². The van der Waals surface area contributed by atoms with Gasteiger partial charge in [-0.05, 0) is 19.4 Å². The number of hydrogen-bond donors (Lipinski definition) is 0. The van der Waals surface area contributed by atoms with Crippen molar-refractivity contribution in [3.05, 3.63) is 35.9 Å². The van der Waals surface area contributed by atoms with Gasteiger partial charge in [-0.25, -0.2) is 0 Å².